The van der Waals surface area contributed by atoms with Crippen LogP contribution in [-0.4, -0.2) is 131 Å². The number of esters is 3. The van der Waals surface area contributed by atoms with Crippen LogP contribution in [-0.2, 0) is 43.0 Å². The summed E-state index contributed by atoms with van der Waals surface area (Å²) < 4.78 is 8.92. The van der Waals surface area contributed by atoms with Crippen molar-refractivity contribution in [2.24, 2.45) is 40.1 Å². The number of carboxylic acids is 4. The Morgan fingerprint density at radius 2 is 1.27 bits per heavy atom. The lowest BCUT2D eigenvalue weighted by Gasteiger charge is -2.11. The van der Waals surface area contributed by atoms with Crippen molar-refractivity contribution in [3.8, 4) is 0 Å². The zero-order valence-electron chi connectivity index (χ0n) is 24.7. The summed E-state index contributed by atoms with van der Waals surface area (Å²) in [6.45, 7) is 0.219. The number of carbonyl (C=O) groups excluding carboxylic acids is 3. The molecule has 1 rings (SSSR count). The predicted octanol–water partition coefficient (Wildman–Crippen LogP) is -5.45. The number of aliphatic carboxylic acids is 4. The van der Waals surface area contributed by atoms with E-state index in [0.717, 1.165) is 25.8 Å². The molecule has 0 aromatic heterocycles. The second-order valence-corrected chi connectivity index (χ2v) is 8.80. The summed E-state index contributed by atoms with van der Waals surface area (Å²) in [6, 6.07) is -3.08. The summed E-state index contributed by atoms with van der Waals surface area (Å²) in [5, 5.41) is 34.7. The summed E-state index contributed by atoms with van der Waals surface area (Å²) >= 11 is 3.83. The van der Waals surface area contributed by atoms with Crippen molar-refractivity contribution in [3.05, 3.63) is 0 Å². The van der Waals surface area contributed by atoms with E-state index in [0.29, 0.717) is 19.4 Å². The fourth-order valence-electron chi connectivity index (χ4n) is 2.15. The first-order chi connectivity index (χ1) is 20.9. The average Bonchev–Trinajstić information content (AvgIpc) is 3.55. The topological polar surface area (TPSA) is 413 Å². The third-order valence-corrected chi connectivity index (χ3v) is 4.98. The van der Waals surface area contributed by atoms with Gasteiger partial charge in [-0.25, -0.2) is 9.59 Å². The molecule has 1 aliphatic heterocycles. The molecule has 19 N–H and O–H groups in total. The number of nitrogens with one attached hydrogen (secondary N) is 1. The Kier molecular flexibility index (Phi) is 34.4. The van der Waals surface area contributed by atoms with Crippen molar-refractivity contribution < 1.29 is 63.5 Å². The van der Waals surface area contributed by atoms with Crippen LogP contribution in [0.2, 0.25) is 0 Å². The summed E-state index contributed by atoms with van der Waals surface area (Å²) in [6.07, 6.45) is 3.80. The standard InChI is InChI=1S/C8H14N2O3S.C6H14N2O2.C5H10N2O4.2C2H5NO2/c9-5(4-14)7(11)13-8(12)6-2-1-3-10-6;7-4-2-1-3-5(8)6(9)10;6-1-4(8)11-2-3(7)5(9)10;2*3-1-2(4)5/h5-6,10,14H,1-4,9H2;5H,1-4,7-8H2,(H,9,10);3H,1-2,6-7H2,(H,9,10);2*1,3H2,(H,4,5)/t5-,6-;5-;3-;;/m000../s1. The molecule has 264 valence electrons. The van der Waals surface area contributed by atoms with E-state index >= 15 is 0 Å². The molecule has 1 aliphatic rings. The van der Waals surface area contributed by atoms with Crippen LogP contribution in [0.5, 0.6) is 0 Å². The number of ether oxygens (including phenoxy) is 2. The molecule has 0 aromatic carbocycles. The summed E-state index contributed by atoms with van der Waals surface area (Å²) in [7, 11) is 0. The number of carboxylic acid groups (broad SMARTS) is 4. The first kappa shape index (κ1) is 48.4. The largest absolute Gasteiger partial charge is 0.480 e. The van der Waals surface area contributed by atoms with Gasteiger partial charge in [0.2, 0.25) is 0 Å². The number of hydrogen-bond acceptors (Lipinski definition) is 18. The number of carbonyl (C=O) groups is 7. The van der Waals surface area contributed by atoms with E-state index in [1.54, 1.807) is 0 Å². The van der Waals surface area contributed by atoms with Crippen molar-refractivity contribution in [3.63, 3.8) is 0 Å². The highest BCUT2D eigenvalue weighted by atomic mass is 32.1. The van der Waals surface area contributed by atoms with Gasteiger partial charge in [-0.15, -0.1) is 0 Å². The highest BCUT2D eigenvalue weighted by Crippen LogP contribution is 2.07. The molecule has 45 heavy (non-hydrogen) atoms. The molecule has 21 nitrogen and oxygen atoms in total. The van der Waals surface area contributed by atoms with Gasteiger partial charge in [0.1, 0.15) is 30.8 Å². The second-order valence-electron chi connectivity index (χ2n) is 8.43. The van der Waals surface area contributed by atoms with E-state index in [1.165, 1.54) is 0 Å². The molecule has 0 unspecified atom stereocenters. The van der Waals surface area contributed by atoms with Gasteiger partial charge in [-0.2, -0.15) is 12.6 Å². The van der Waals surface area contributed by atoms with E-state index in [9.17, 15) is 33.6 Å². The van der Waals surface area contributed by atoms with Crippen LogP contribution in [0.4, 0.5) is 0 Å². The summed E-state index contributed by atoms with van der Waals surface area (Å²) in [4.78, 5) is 71.4. The summed E-state index contributed by atoms with van der Waals surface area (Å²) in [5.41, 5.74) is 34.8. The lowest BCUT2D eigenvalue weighted by Crippen LogP contribution is -2.40. The summed E-state index contributed by atoms with van der Waals surface area (Å²) in [5.74, 6) is -5.82. The third kappa shape index (κ3) is 34.9. The normalized spacial score (nSPS) is 14.7. The molecule has 1 fully saturated rings. The minimum Gasteiger partial charge on any atom is -0.480 e. The Balaban J connectivity index is -0.000000247. The number of thiol groups is 1. The first-order valence-electron chi connectivity index (χ1n) is 13.2. The molecule has 1 saturated heterocycles. The van der Waals surface area contributed by atoms with E-state index in [4.69, 9.17) is 49.1 Å². The molecular weight excluding hydrogens is 628 g/mol. The van der Waals surface area contributed by atoms with Gasteiger partial charge in [0.25, 0.3) is 0 Å². The van der Waals surface area contributed by atoms with Gasteiger partial charge >= 0.3 is 41.8 Å². The highest BCUT2D eigenvalue weighted by Gasteiger charge is 2.27. The van der Waals surface area contributed by atoms with Crippen molar-refractivity contribution in [1.82, 2.24) is 5.32 Å². The quantitative estimate of drug-likeness (QED) is 0.0353. The molecule has 0 amide bonds. The van der Waals surface area contributed by atoms with E-state index in [2.05, 4.69) is 38.9 Å². The van der Waals surface area contributed by atoms with Crippen LogP contribution in [0.3, 0.4) is 0 Å². The molecule has 0 aromatic rings. The fourth-order valence-corrected chi connectivity index (χ4v) is 2.30. The zero-order chi connectivity index (χ0) is 36.0. The number of rotatable bonds is 14. The van der Waals surface area contributed by atoms with Gasteiger partial charge in [0, 0.05) is 5.75 Å². The monoisotopic (exact) mass is 676 g/mol. The fraction of sp³-hybridized carbons (Fsp3) is 0.696. The second kappa shape index (κ2) is 31.9. The van der Waals surface area contributed by atoms with Gasteiger partial charge in [-0.05, 0) is 38.8 Å². The molecular formula is C23H48N8O13S. The van der Waals surface area contributed by atoms with E-state index < -0.39 is 59.9 Å². The van der Waals surface area contributed by atoms with Gasteiger partial charge in [0.15, 0.2) is 0 Å². The first-order valence-corrected chi connectivity index (χ1v) is 13.8. The Labute approximate surface area is 264 Å². The molecule has 0 spiro atoms. The molecule has 22 heteroatoms. The van der Waals surface area contributed by atoms with Crippen LogP contribution in [0.25, 0.3) is 0 Å². The molecule has 1 heterocycles. The van der Waals surface area contributed by atoms with E-state index in [1.807, 2.05) is 0 Å². The predicted molar refractivity (Wildman–Crippen MR) is 161 cm³/mol. The molecule has 0 radical (unpaired) electrons. The highest BCUT2D eigenvalue weighted by molar-refractivity contribution is 7.80. The molecule has 0 bridgehead atoms. The minimum atomic E-state index is -1.21. The van der Waals surface area contributed by atoms with Crippen molar-refractivity contribution >= 4 is 54.4 Å². The van der Waals surface area contributed by atoms with Gasteiger partial charge in [0.05, 0.1) is 19.6 Å². The molecule has 0 aliphatic carbocycles. The number of nitrogens with two attached hydrogens (primary N) is 7. The third-order valence-electron chi connectivity index (χ3n) is 4.59. The van der Waals surface area contributed by atoms with Crippen LogP contribution in [0, 0.1) is 0 Å². The van der Waals surface area contributed by atoms with Crippen molar-refractivity contribution in [2.75, 3.05) is 45.1 Å². The lowest BCUT2D eigenvalue weighted by molar-refractivity contribution is -0.161. The van der Waals surface area contributed by atoms with Crippen LogP contribution >= 0.6 is 12.6 Å². The Hall–Kier alpha value is -3.48. The van der Waals surface area contributed by atoms with Crippen molar-refractivity contribution in [2.45, 2.75) is 56.3 Å². The maximum absolute atomic E-state index is 11.3. The molecule has 0 saturated carbocycles. The zero-order valence-corrected chi connectivity index (χ0v) is 25.6. The van der Waals surface area contributed by atoms with Crippen LogP contribution in [0.15, 0.2) is 0 Å². The maximum Gasteiger partial charge on any atom is 0.331 e. The Morgan fingerprint density at radius 1 is 0.778 bits per heavy atom. The van der Waals surface area contributed by atoms with Gasteiger partial charge in [-0.1, -0.05) is 6.42 Å². The smallest absolute Gasteiger partial charge is 0.331 e. The van der Waals surface area contributed by atoms with Gasteiger partial charge in [-0.3, -0.25) is 24.0 Å². The Bertz CT molecular complexity index is 866. The SMILES string of the molecule is NCC(=O)O.NCC(=O)O.NCC(=O)OC[C@H](N)C(=O)O.NCCCC[C@H](N)C(=O)O.N[C@@H](CS)C(=O)OC(=O)[C@@H]1CCCN1. The van der Waals surface area contributed by atoms with Crippen LogP contribution < -0.4 is 45.5 Å². The number of hydrogen-bond donors (Lipinski definition) is 13. The van der Waals surface area contributed by atoms with Gasteiger partial charge < -0.3 is 75.4 Å². The maximum atomic E-state index is 11.3. The van der Waals surface area contributed by atoms with Crippen LogP contribution in [0.1, 0.15) is 32.1 Å². The Morgan fingerprint density at radius 3 is 1.60 bits per heavy atom. The number of unbranched alkanes of at least 4 members (excludes halogenated alkanes) is 1. The van der Waals surface area contributed by atoms with E-state index in [-0.39, 0.29) is 38.0 Å². The van der Waals surface area contributed by atoms with Crippen molar-refractivity contribution in [1.29, 1.82) is 0 Å². The average molecular weight is 677 g/mol. The molecule has 4 atom stereocenters. The lowest BCUT2D eigenvalue weighted by atomic mass is 10.1. The minimum absolute atomic E-state index is 0.171.